The fourth-order valence-electron chi connectivity index (χ4n) is 1.88. The van der Waals surface area contributed by atoms with Crippen LogP contribution in [0.25, 0.3) is 0 Å². The van der Waals surface area contributed by atoms with Crippen molar-refractivity contribution in [3.8, 4) is 0 Å². The first-order valence-corrected chi connectivity index (χ1v) is 6.02. The molecular weight excluding hydrogens is 174 g/mol. The Bertz CT molecular complexity index is 190. The SMILES string of the molecule is CC.CC1(C(=O)N2CCCCC2)CC1. The topological polar surface area (TPSA) is 20.3 Å². The Morgan fingerprint density at radius 3 is 2.00 bits per heavy atom. The van der Waals surface area contributed by atoms with Gasteiger partial charge in [-0.05, 0) is 32.1 Å². The summed E-state index contributed by atoms with van der Waals surface area (Å²) < 4.78 is 0. The van der Waals surface area contributed by atoms with Crippen LogP contribution in [0.15, 0.2) is 0 Å². The largest absolute Gasteiger partial charge is 0.342 e. The van der Waals surface area contributed by atoms with Gasteiger partial charge in [-0.3, -0.25) is 4.79 Å². The molecule has 14 heavy (non-hydrogen) atoms. The summed E-state index contributed by atoms with van der Waals surface area (Å²) in [5, 5.41) is 0. The van der Waals surface area contributed by atoms with Gasteiger partial charge in [0, 0.05) is 18.5 Å². The van der Waals surface area contributed by atoms with E-state index in [1.807, 2.05) is 13.8 Å². The molecule has 0 aromatic rings. The summed E-state index contributed by atoms with van der Waals surface area (Å²) in [6.07, 6.45) is 5.95. The highest BCUT2D eigenvalue weighted by Crippen LogP contribution is 2.46. The second-order valence-electron chi connectivity index (χ2n) is 4.41. The minimum absolute atomic E-state index is 0.0529. The summed E-state index contributed by atoms with van der Waals surface area (Å²) in [6.45, 7) is 8.12. The molecule has 1 aliphatic heterocycles. The molecule has 0 unspecified atom stereocenters. The summed E-state index contributed by atoms with van der Waals surface area (Å²) in [5.41, 5.74) is 0.0529. The standard InChI is InChI=1S/C10H17NO.C2H6/c1-10(5-6-10)9(12)11-7-3-2-4-8-11;1-2/h2-8H2,1H3;1-2H3. The maximum Gasteiger partial charge on any atom is 0.228 e. The highest BCUT2D eigenvalue weighted by Gasteiger charge is 2.46. The molecule has 0 radical (unpaired) electrons. The minimum atomic E-state index is 0.0529. The van der Waals surface area contributed by atoms with Crippen LogP contribution >= 0.6 is 0 Å². The number of amides is 1. The number of hydrogen-bond acceptors (Lipinski definition) is 1. The predicted octanol–water partition coefficient (Wildman–Crippen LogP) is 2.83. The lowest BCUT2D eigenvalue weighted by molar-refractivity contribution is -0.137. The van der Waals surface area contributed by atoms with Gasteiger partial charge in [0.1, 0.15) is 0 Å². The molecule has 1 aliphatic carbocycles. The molecule has 0 bridgehead atoms. The fraction of sp³-hybridized carbons (Fsp3) is 0.917. The van der Waals surface area contributed by atoms with Crippen LogP contribution in [-0.4, -0.2) is 23.9 Å². The highest BCUT2D eigenvalue weighted by molar-refractivity contribution is 5.84. The first kappa shape index (κ1) is 11.5. The van der Waals surface area contributed by atoms with Crippen LogP contribution in [0.1, 0.15) is 52.9 Å². The van der Waals surface area contributed by atoms with Crippen molar-refractivity contribution in [2.45, 2.75) is 52.9 Å². The van der Waals surface area contributed by atoms with Crippen LogP contribution in [0, 0.1) is 5.41 Å². The Morgan fingerprint density at radius 1 is 1.07 bits per heavy atom. The van der Waals surface area contributed by atoms with Crippen molar-refractivity contribution in [2.24, 2.45) is 5.41 Å². The second kappa shape index (κ2) is 4.81. The molecule has 1 saturated heterocycles. The average Bonchev–Trinajstić information content (AvgIpc) is 3.01. The van der Waals surface area contributed by atoms with Crippen molar-refractivity contribution >= 4 is 5.91 Å². The lowest BCUT2D eigenvalue weighted by atomic mass is 10.1. The maximum atomic E-state index is 11.8. The third-order valence-corrected chi connectivity index (χ3v) is 3.16. The van der Waals surface area contributed by atoms with Crippen LogP contribution in [0.3, 0.4) is 0 Å². The van der Waals surface area contributed by atoms with E-state index in [2.05, 4.69) is 11.8 Å². The molecule has 1 saturated carbocycles. The van der Waals surface area contributed by atoms with E-state index in [1.165, 1.54) is 19.3 Å². The van der Waals surface area contributed by atoms with Crippen molar-refractivity contribution in [1.29, 1.82) is 0 Å². The molecule has 0 atom stereocenters. The zero-order valence-corrected chi connectivity index (χ0v) is 9.81. The summed E-state index contributed by atoms with van der Waals surface area (Å²) in [4.78, 5) is 13.9. The Balaban J connectivity index is 0.000000461. The Labute approximate surface area is 87.7 Å². The molecule has 1 amide bonds. The molecule has 0 aromatic carbocycles. The van der Waals surface area contributed by atoms with Crippen molar-refractivity contribution in [1.82, 2.24) is 4.90 Å². The van der Waals surface area contributed by atoms with E-state index in [-0.39, 0.29) is 5.41 Å². The van der Waals surface area contributed by atoms with Gasteiger partial charge < -0.3 is 4.90 Å². The van der Waals surface area contributed by atoms with E-state index < -0.39 is 0 Å². The number of piperidine rings is 1. The molecule has 2 aliphatic rings. The lowest BCUT2D eigenvalue weighted by Crippen LogP contribution is -2.39. The van der Waals surface area contributed by atoms with E-state index >= 15 is 0 Å². The van der Waals surface area contributed by atoms with Crippen LogP contribution < -0.4 is 0 Å². The monoisotopic (exact) mass is 197 g/mol. The van der Waals surface area contributed by atoms with E-state index in [4.69, 9.17) is 0 Å². The molecule has 82 valence electrons. The predicted molar refractivity (Wildman–Crippen MR) is 59.1 cm³/mol. The molecule has 2 heteroatoms. The van der Waals surface area contributed by atoms with Gasteiger partial charge >= 0.3 is 0 Å². The van der Waals surface area contributed by atoms with Gasteiger partial charge in [-0.15, -0.1) is 0 Å². The van der Waals surface area contributed by atoms with Gasteiger partial charge in [-0.25, -0.2) is 0 Å². The van der Waals surface area contributed by atoms with Crippen molar-refractivity contribution < 1.29 is 4.79 Å². The molecule has 2 nitrogen and oxygen atoms in total. The van der Waals surface area contributed by atoms with Crippen LogP contribution in [-0.2, 0) is 4.79 Å². The van der Waals surface area contributed by atoms with E-state index in [1.54, 1.807) is 0 Å². The quantitative estimate of drug-likeness (QED) is 0.633. The number of carbonyl (C=O) groups is 1. The Morgan fingerprint density at radius 2 is 1.57 bits per heavy atom. The summed E-state index contributed by atoms with van der Waals surface area (Å²) in [5.74, 6) is 0.419. The molecule has 0 N–H and O–H groups in total. The molecule has 0 spiro atoms. The average molecular weight is 197 g/mol. The van der Waals surface area contributed by atoms with E-state index in [9.17, 15) is 4.79 Å². The van der Waals surface area contributed by atoms with E-state index in [0.717, 1.165) is 25.9 Å². The Hall–Kier alpha value is -0.530. The lowest BCUT2D eigenvalue weighted by Gasteiger charge is -2.29. The number of rotatable bonds is 1. The molecular formula is C12H23NO. The number of carbonyl (C=O) groups excluding carboxylic acids is 1. The fourth-order valence-corrected chi connectivity index (χ4v) is 1.88. The second-order valence-corrected chi connectivity index (χ2v) is 4.41. The van der Waals surface area contributed by atoms with Crippen molar-refractivity contribution in [3.05, 3.63) is 0 Å². The smallest absolute Gasteiger partial charge is 0.228 e. The van der Waals surface area contributed by atoms with Crippen LogP contribution in [0.4, 0.5) is 0 Å². The first-order chi connectivity index (χ1) is 6.72. The van der Waals surface area contributed by atoms with Crippen LogP contribution in [0.5, 0.6) is 0 Å². The molecule has 0 aromatic heterocycles. The highest BCUT2D eigenvalue weighted by atomic mass is 16.2. The summed E-state index contributed by atoms with van der Waals surface area (Å²) in [6, 6.07) is 0. The van der Waals surface area contributed by atoms with Gasteiger partial charge in [0.2, 0.25) is 5.91 Å². The third kappa shape index (κ3) is 2.49. The number of likely N-dealkylation sites (tertiary alicyclic amines) is 1. The number of nitrogens with zero attached hydrogens (tertiary/aromatic N) is 1. The van der Waals surface area contributed by atoms with Gasteiger partial charge in [0.15, 0.2) is 0 Å². The van der Waals surface area contributed by atoms with Gasteiger partial charge in [-0.2, -0.15) is 0 Å². The number of hydrogen-bond donors (Lipinski definition) is 0. The van der Waals surface area contributed by atoms with Crippen molar-refractivity contribution in [3.63, 3.8) is 0 Å². The van der Waals surface area contributed by atoms with Gasteiger partial charge in [-0.1, -0.05) is 20.8 Å². The summed E-state index contributed by atoms with van der Waals surface area (Å²) >= 11 is 0. The molecule has 2 fully saturated rings. The maximum absolute atomic E-state index is 11.8. The summed E-state index contributed by atoms with van der Waals surface area (Å²) in [7, 11) is 0. The van der Waals surface area contributed by atoms with Gasteiger partial charge in [0.05, 0.1) is 0 Å². The first-order valence-electron chi connectivity index (χ1n) is 6.02. The van der Waals surface area contributed by atoms with Crippen LogP contribution in [0.2, 0.25) is 0 Å². The van der Waals surface area contributed by atoms with Crippen molar-refractivity contribution in [2.75, 3.05) is 13.1 Å². The molecule has 1 heterocycles. The molecule has 2 rings (SSSR count). The third-order valence-electron chi connectivity index (χ3n) is 3.16. The Kier molecular flexibility index (Phi) is 3.97. The van der Waals surface area contributed by atoms with Gasteiger partial charge in [0.25, 0.3) is 0 Å². The normalized spacial score (nSPS) is 23.5. The minimum Gasteiger partial charge on any atom is -0.342 e. The zero-order chi connectivity index (χ0) is 10.6. The van der Waals surface area contributed by atoms with E-state index in [0.29, 0.717) is 5.91 Å². The zero-order valence-electron chi connectivity index (χ0n) is 9.81.